The van der Waals surface area contributed by atoms with Crippen LogP contribution in [0.3, 0.4) is 0 Å². The number of nitrogens with zero attached hydrogens (tertiary/aromatic N) is 2. The van der Waals surface area contributed by atoms with Crippen molar-refractivity contribution in [1.29, 1.82) is 5.26 Å². The van der Waals surface area contributed by atoms with E-state index in [0.717, 1.165) is 22.6 Å². The molecule has 0 aliphatic rings. The molecule has 164 valence electrons. The van der Waals surface area contributed by atoms with Gasteiger partial charge in [0.25, 0.3) is 5.91 Å². The van der Waals surface area contributed by atoms with Crippen LogP contribution in [0.4, 0.5) is 5.69 Å². The lowest BCUT2D eigenvalue weighted by molar-refractivity contribution is -0.112. The fourth-order valence-corrected chi connectivity index (χ4v) is 3.98. The van der Waals surface area contributed by atoms with E-state index < -0.39 is 5.91 Å². The maximum absolute atomic E-state index is 12.7. The number of carbonyl (C=O) groups excluding carboxylic acids is 1. The second-order valence-electron chi connectivity index (χ2n) is 8.71. The van der Waals surface area contributed by atoms with E-state index in [-0.39, 0.29) is 11.0 Å². The average Bonchev–Trinajstić information content (AvgIpc) is 3.00. The van der Waals surface area contributed by atoms with Gasteiger partial charge in [-0.2, -0.15) is 5.26 Å². The number of amides is 1. The molecule has 1 heterocycles. The molecule has 1 N–H and O–H groups in total. The van der Waals surface area contributed by atoms with Crippen LogP contribution in [0.15, 0.2) is 54.1 Å². The van der Waals surface area contributed by atoms with Crippen LogP contribution >= 0.6 is 23.2 Å². The molecule has 6 heteroatoms. The van der Waals surface area contributed by atoms with Gasteiger partial charge in [-0.05, 0) is 72.9 Å². The van der Waals surface area contributed by atoms with Crippen LogP contribution in [0.5, 0.6) is 0 Å². The summed E-state index contributed by atoms with van der Waals surface area (Å²) in [5.74, 6) is -0.531. The Labute approximate surface area is 199 Å². The third kappa shape index (κ3) is 5.07. The minimum atomic E-state index is -0.531. The molecule has 0 aliphatic heterocycles. The average molecular weight is 466 g/mol. The SMILES string of the molecule is Cc1cc(/C=C(/C#N)C(=O)Nc2ccc(Cl)cc2Cl)c(C)n1-c1ccc(C(C)(C)C)cc1. The molecule has 0 fully saturated rings. The molecule has 0 radical (unpaired) electrons. The number of aryl methyl sites for hydroxylation is 1. The van der Waals surface area contributed by atoms with Crippen molar-refractivity contribution in [2.75, 3.05) is 5.32 Å². The highest BCUT2D eigenvalue weighted by molar-refractivity contribution is 6.36. The van der Waals surface area contributed by atoms with Gasteiger partial charge >= 0.3 is 0 Å². The number of halogens is 2. The summed E-state index contributed by atoms with van der Waals surface area (Å²) in [6.45, 7) is 10.5. The van der Waals surface area contributed by atoms with Crippen molar-refractivity contribution in [1.82, 2.24) is 4.57 Å². The molecule has 4 nitrogen and oxygen atoms in total. The summed E-state index contributed by atoms with van der Waals surface area (Å²) in [7, 11) is 0. The fraction of sp³-hybridized carbons (Fsp3) is 0.231. The first-order valence-electron chi connectivity index (χ1n) is 10.2. The summed E-state index contributed by atoms with van der Waals surface area (Å²) < 4.78 is 2.11. The van der Waals surface area contributed by atoms with Gasteiger partial charge in [0.15, 0.2) is 0 Å². The van der Waals surface area contributed by atoms with E-state index >= 15 is 0 Å². The molecule has 0 atom stereocenters. The molecule has 1 aromatic heterocycles. The molecule has 0 spiro atoms. The van der Waals surface area contributed by atoms with E-state index in [1.54, 1.807) is 18.2 Å². The van der Waals surface area contributed by atoms with Crippen LogP contribution in [0, 0.1) is 25.2 Å². The van der Waals surface area contributed by atoms with Gasteiger partial charge in [0, 0.05) is 22.1 Å². The van der Waals surface area contributed by atoms with E-state index in [9.17, 15) is 10.1 Å². The lowest BCUT2D eigenvalue weighted by Gasteiger charge is -2.20. The number of nitriles is 1. The molecule has 0 unspecified atom stereocenters. The molecule has 2 aromatic carbocycles. The number of aromatic nitrogens is 1. The lowest BCUT2D eigenvalue weighted by atomic mass is 9.87. The number of carbonyl (C=O) groups is 1. The Hall–Kier alpha value is -3.00. The van der Waals surface area contributed by atoms with Crippen LogP contribution in [0.2, 0.25) is 10.0 Å². The normalized spacial score (nSPS) is 11.9. The Morgan fingerprint density at radius 3 is 2.28 bits per heavy atom. The quantitative estimate of drug-likeness (QED) is 0.325. The lowest BCUT2D eigenvalue weighted by Crippen LogP contribution is -2.13. The van der Waals surface area contributed by atoms with Crippen LogP contribution < -0.4 is 5.32 Å². The van der Waals surface area contributed by atoms with E-state index in [4.69, 9.17) is 23.2 Å². The van der Waals surface area contributed by atoms with Gasteiger partial charge in [-0.1, -0.05) is 56.1 Å². The number of hydrogen-bond acceptors (Lipinski definition) is 2. The van der Waals surface area contributed by atoms with Crippen LogP contribution in [0.25, 0.3) is 11.8 Å². The number of hydrogen-bond donors (Lipinski definition) is 1. The summed E-state index contributed by atoms with van der Waals surface area (Å²) in [6, 6.07) is 17.2. The first-order chi connectivity index (χ1) is 15.0. The molecule has 0 aliphatic carbocycles. The molecule has 0 bridgehead atoms. The van der Waals surface area contributed by atoms with Crippen molar-refractivity contribution in [3.63, 3.8) is 0 Å². The maximum Gasteiger partial charge on any atom is 0.266 e. The summed E-state index contributed by atoms with van der Waals surface area (Å²) in [5, 5.41) is 13.0. The van der Waals surface area contributed by atoms with Crippen molar-refractivity contribution in [2.24, 2.45) is 0 Å². The van der Waals surface area contributed by atoms with Gasteiger partial charge in [-0.25, -0.2) is 0 Å². The van der Waals surface area contributed by atoms with Gasteiger partial charge in [0.1, 0.15) is 11.6 Å². The maximum atomic E-state index is 12.7. The minimum absolute atomic E-state index is 0.0145. The van der Waals surface area contributed by atoms with Gasteiger partial charge < -0.3 is 9.88 Å². The molecular weight excluding hydrogens is 441 g/mol. The zero-order valence-electron chi connectivity index (χ0n) is 18.8. The van der Waals surface area contributed by atoms with Crippen LogP contribution in [-0.4, -0.2) is 10.5 Å². The third-order valence-corrected chi connectivity index (χ3v) is 5.85. The highest BCUT2D eigenvalue weighted by atomic mass is 35.5. The first-order valence-corrected chi connectivity index (χ1v) is 10.9. The summed E-state index contributed by atoms with van der Waals surface area (Å²) in [4.78, 5) is 12.7. The van der Waals surface area contributed by atoms with Gasteiger partial charge in [0.05, 0.1) is 10.7 Å². The Balaban J connectivity index is 1.92. The predicted octanol–water partition coefficient (Wildman–Crippen LogP) is 7.24. The minimum Gasteiger partial charge on any atom is -0.320 e. The smallest absolute Gasteiger partial charge is 0.266 e. The van der Waals surface area contributed by atoms with Crippen molar-refractivity contribution >= 4 is 40.9 Å². The van der Waals surface area contributed by atoms with E-state index in [2.05, 4.69) is 54.9 Å². The molecular formula is C26H25Cl2N3O. The highest BCUT2D eigenvalue weighted by Gasteiger charge is 2.17. The fourth-order valence-electron chi connectivity index (χ4n) is 3.53. The van der Waals surface area contributed by atoms with E-state index in [1.807, 2.05) is 26.0 Å². The monoisotopic (exact) mass is 465 g/mol. The Morgan fingerprint density at radius 2 is 1.72 bits per heavy atom. The van der Waals surface area contributed by atoms with E-state index in [0.29, 0.717) is 15.7 Å². The first kappa shape index (κ1) is 23.7. The Kier molecular flexibility index (Phi) is 6.83. The van der Waals surface area contributed by atoms with Crippen molar-refractivity contribution in [2.45, 2.75) is 40.0 Å². The second kappa shape index (κ2) is 9.24. The summed E-state index contributed by atoms with van der Waals surface area (Å²) >= 11 is 12.0. The number of anilines is 1. The highest BCUT2D eigenvalue weighted by Crippen LogP contribution is 2.28. The standard InChI is InChI=1S/C26H25Cl2N3O/c1-16-12-18(17(2)31(16)22-9-6-20(7-10-22)26(3,4)5)13-19(15-29)25(32)30-24-11-8-21(27)14-23(24)28/h6-14H,1-5H3,(H,30,32)/b19-13-. The zero-order chi connectivity index (χ0) is 23.6. The van der Waals surface area contributed by atoms with Crippen molar-refractivity contribution in [3.8, 4) is 11.8 Å². The topological polar surface area (TPSA) is 57.8 Å². The second-order valence-corrected chi connectivity index (χ2v) is 9.55. The number of benzene rings is 2. The number of rotatable bonds is 4. The van der Waals surface area contributed by atoms with Gasteiger partial charge in [-0.15, -0.1) is 0 Å². The third-order valence-electron chi connectivity index (χ3n) is 5.31. The van der Waals surface area contributed by atoms with Crippen molar-refractivity contribution < 1.29 is 4.79 Å². The van der Waals surface area contributed by atoms with Crippen molar-refractivity contribution in [3.05, 3.63) is 86.7 Å². The number of nitrogens with one attached hydrogen (secondary N) is 1. The zero-order valence-corrected chi connectivity index (χ0v) is 20.3. The molecule has 0 saturated heterocycles. The Bertz CT molecular complexity index is 1240. The van der Waals surface area contributed by atoms with Crippen LogP contribution in [0.1, 0.15) is 43.3 Å². The molecule has 1 amide bonds. The largest absolute Gasteiger partial charge is 0.320 e. The van der Waals surface area contributed by atoms with Gasteiger partial charge in [-0.3, -0.25) is 4.79 Å². The molecule has 3 rings (SSSR count). The van der Waals surface area contributed by atoms with Gasteiger partial charge in [0.2, 0.25) is 0 Å². The summed E-state index contributed by atoms with van der Waals surface area (Å²) in [6.07, 6.45) is 1.60. The Morgan fingerprint density at radius 1 is 1.06 bits per heavy atom. The summed E-state index contributed by atoms with van der Waals surface area (Å²) in [5.41, 5.74) is 5.50. The van der Waals surface area contributed by atoms with Crippen LogP contribution in [-0.2, 0) is 10.2 Å². The molecule has 3 aromatic rings. The predicted molar refractivity (Wildman–Crippen MR) is 133 cm³/mol. The van der Waals surface area contributed by atoms with E-state index in [1.165, 1.54) is 11.6 Å². The molecule has 32 heavy (non-hydrogen) atoms. The molecule has 0 saturated carbocycles.